The lowest BCUT2D eigenvalue weighted by molar-refractivity contribution is -0.156. The van der Waals surface area contributed by atoms with Crippen molar-refractivity contribution in [3.05, 3.63) is 143 Å². The summed E-state index contributed by atoms with van der Waals surface area (Å²) >= 11 is 9.53. The molecule has 0 bridgehead atoms. The maximum atomic E-state index is 13.7. The number of hydrogen-bond donors (Lipinski definition) is 2. The molecule has 2 N–H and O–H groups in total. The van der Waals surface area contributed by atoms with Gasteiger partial charge in [-0.25, -0.2) is 14.4 Å². The quantitative estimate of drug-likeness (QED) is 0.0751. The maximum absolute atomic E-state index is 13.7. The minimum Gasteiger partial charge on any atom is -0.444 e. The number of esters is 2. The Morgan fingerprint density at radius 3 is 1.07 bits per heavy atom. The summed E-state index contributed by atoms with van der Waals surface area (Å²) in [5, 5.41) is 6.61. The number of ether oxygens (including phenoxy) is 2. The van der Waals surface area contributed by atoms with Gasteiger partial charge >= 0.3 is 42.4 Å². The lowest BCUT2D eigenvalue weighted by Crippen LogP contribution is -2.63. The molecular weight excluding hydrogens is 1240 g/mol. The number of urea groups is 2. The number of likely N-dealkylation sites (tertiary alicyclic amines) is 2. The van der Waals surface area contributed by atoms with Crippen molar-refractivity contribution in [3.63, 3.8) is 0 Å². The first-order chi connectivity index (χ1) is 42.9. The Morgan fingerprint density at radius 2 is 0.793 bits per heavy atom. The summed E-state index contributed by atoms with van der Waals surface area (Å²) in [6.07, 6.45) is -6.36. The number of carbonyl (C=O) groups is 6. The van der Waals surface area contributed by atoms with Crippen LogP contribution in [0.25, 0.3) is 0 Å². The van der Waals surface area contributed by atoms with E-state index in [-0.39, 0.29) is 76.5 Å². The molecule has 16 nitrogen and oxygen atoms in total. The number of nitrogens with one attached hydrogen (secondary N) is 2. The molecule has 6 amide bonds. The third-order valence-electron chi connectivity index (χ3n) is 16.4. The van der Waals surface area contributed by atoms with Gasteiger partial charge in [-0.05, 0) is 104 Å². The van der Waals surface area contributed by atoms with Crippen LogP contribution in [0.5, 0.6) is 0 Å². The van der Waals surface area contributed by atoms with Crippen LogP contribution in [-0.2, 0) is 36.2 Å². The molecule has 0 saturated carbocycles. The highest BCUT2D eigenvalue weighted by Gasteiger charge is 2.44. The predicted octanol–water partition coefficient (Wildman–Crippen LogP) is 14.0. The second-order valence-electron chi connectivity index (χ2n) is 26.6. The van der Waals surface area contributed by atoms with Gasteiger partial charge in [0.25, 0.3) is 0 Å². The molecule has 0 aromatic heterocycles. The highest BCUT2D eigenvalue weighted by molar-refractivity contribution is 6.40. The van der Waals surface area contributed by atoms with Crippen molar-refractivity contribution >= 4 is 59.2 Å². The van der Waals surface area contributed by atoms with Gasteiger partial charge in [0, 0.05) is 98.3 Å². The predicted molar refractivity (Wildman–Crippen MR) is 345 cm³/mol. The first kappa shape index (κ1) is 76.1. The van der Waals surface area contributed by atoms with Gasteiger partial charge in [-0.15, -0.1) is 23.2 Å². The standard InChI is InChI=1S/C33H45F3N4O3.C30H39F3N4O2.C4H6O3.CH2Cl2/c1-31(2,3)27-22-39(28(23-10-8-7-9-11-23)24-12-14-25(15-13-24)33(34,35)36)20-21-40(27)29(41)37-26-16-18-38(19-17-26)30(42)43-32(4,5)6;1-21(38)35-16-14-25(15-17-35)34-28(39)37-19-18-36(20-26(37)29(2,3)4)27(22-8-6-5-7-9-22)23-10-12-24(13-11-23)30(31,32)33;1-3(5)7-4(2)6;2-1-3/h7-15,26-28H,16-22H2,1-6H3,(H,37,41);5-13,25-27H,14-20H2,1-4H3,(H,34,39);1-2H3;1H2/t27-,28?;26-,27?;;/m11../s1. The second-order valence-corrected chi connectivity index (χ2v) is 27.4. The molecule has 0 radical (unpaired) electrons. The Kier molecular flexibility index (Phi) is 27.7. The minimum atomic E-state index is -4.40. The molecule has 4 aliphatic rings. The van der Waals surface area contributed by atoms with Crippen LogP contribution in [0.2, 0.25) is 0 Å². The second kappa shape index (κ2) is 33.5. The fourth-order valence-electron chi connectivity index (χ4n) is 11.8. The number of piperidine rings is 2. The van der Waals surface area contributed by atoms with Crippen molar-refractivity contribution in [2.75, 3.05) is 70.8 Å². The van der Waals surface area contributed by atoms with Crippen LogP contribution in [0.3, 0.4) is 0 Å². The number of amides is 6. The van der Waals surface area contributed by atoms with Crippen LogP contribution in [0, 0.1) is 10.8 Å². The van der Waals surface area contributed by atoms with E-state index in [1.54, 1.807) is 36.1 Å². The number of nitrogens with zero attached hydrogens (tertiary/aromatic N) is 6. The number of piperazine rings is 2. The lowest BCUT2D eigenvalue weighted by Gasteiger charge is -2.49. The number of hydrogen-bond acceptors (Lipinski definition) is 10. The number of rotatable bonds is 8. The molecule has 0 aliphatic carbocycles. The van der Waals surface area contributed by atoms with E-state index < -0.39 is 41.0 Å². The van der Waals surface area contributed by atoms with Gasteiger partial charge in [0.2, 0.25) is 5.91 Å². The summed E-state index contributed by atoms with van der Waals surface area (Å²) in [7, 11) is 0. The molecule has 4 aromatic carbocycles. The van der Waals surface area contributed by atoms with E-state index in [4.69, 9.17) is 27.9 Å². The van der Waals surface area contributed by atoms with Gasteiger partial charge in [-0.3, -0.25) is 24.2 Å². The van der Waals surface area contributed by atoms with E-state index in [9.17, 15) is 55.1 Å². The van der Waals surface area contributed by atoms with Crippen molar-refractivity contribution in [1.82, 2.24) is 40.0 Å². The van der Waals surface area contributed by atoms with Crippen LogP contribution in [0.4, 0.5) is 40.7 Å². The Hall–Kier alpha value is -6.62. The zero-order valence-corrected chi connectivity index (χ0v) is 56.4. The molecule has 92 heavy (non-hydrogen) atoms. The monoisotopic (exact) mass is 1330 g/mol. The summed E-state index contributed by atoms with van der Waals surface area (Å²) in [4.78, 5) is 82.8. The fourth-order valence-corrected chi connectivity index (χ4v) is 11.8. The largest absolute Gasteiger partial charge is 0.444 e. The van der Waals surface area contributed by atoms with Crippen molar-refractivity contribution in [3.8, 4) is 0 Å². The van der Waals surface area contributed by atoms with Gasteiger partial charge in [0.1, 0.15) is 5.60 Å². The summed E-state index contributed by atoms with van der Waals surface area (Å²) in [6, 6.07) is 29.5. The van der Waals surface area contributed by atoms with Gasteiger partial charge < -0.3 is 39.7 Å². The molecule has 8 rings (SSSR count). The van der Waals surface area contributed by atoms with Crippen molar-refractivity contribution in [2.45, 2.75) is 163 Å². The Balaban J connectivity index is 0.000000292. The Bertz CT molecular complexity index is 2990. The number of carbonyl (C=O) groups excluding carboxylic acids is 6. The molecule has 4 aliphatic heterocycles. The SMILES string of the molecule is CC(=O)N1CCC(NC(=O)N2CCN(C(c3ccccc3)c3ccc(C(F)(F)F)cc3)C[C@@H]2C(C)(C)C)CC1.CC(=O)OC(C)=O.CC(C)(C)OC(=O)N1CCC(NC(=O)N2CCN(C(c3ccccc3)c3ccc(C(F)(F)F)cc3)C[C@@H]2C(C)(C)C)CC1.ClCCl. The molecule has 508 valence electrons. The van der Waals surface area contributed by atoms with Crippen molar-refractivity contribution in [2.24, 2.45) is 10.8 Å². The first-order valence-corrected chi connectivity index (χ1v) is 32.1. The highest BCUT2D eigenvalue weighted by atomic mass is 35.5. The zero-order chi connectivity index (χ0) is 68.5. The molecule has 4 saturated heterocycles. The van der Waals surface area contributed by atoms with Crippen molar-refractivity contribution < 1.29 is 64.6 Å². The minimum absolute atomic E-state index is 0.0240. The maximum Gasteiger partial charge on any atom is 0.416 e. The topological polar surface area (TPSA) is 164 Å². The molecule has 4 atom stereocenters. The highest BCUT2D eigenvalue weighted by Crippen LogP contribution is 2.39. The number of benzene rings is 4. The molecule has 2 unspecified atom stereocenters. The molecule has 4 aromatic rings. The third-order valence-corrected chi connectivity index (χ3v) is 16.4. The Labute approximate surface area is 548 Å². The van der Waals surface area contributed by atoms with Gasteiger partial charge in [-0.1, -0.05) is 126 Å². The lowest BCUT2D eigenvalue weighted by atomic mass is 9.83. The van der Waals surface area contributed by atoms with Gasteiger partial charge in [0.05, 0.1) is 40.6 Å². The first-order valence-electron chi connectivity index (χ1n) is 31.0. The zero-order valence-electron chi connectivity index (χ0n) is 54.9. The molecule has 4 fully saturated rings. The summed E-state index contributed by atoms with van der Waals surface area (Å²) in [5.74, 6) is -1.07. The molecule has 0 spiro atoms. The normalized spacial score (nSPS) is 18.9. The van der Waals surface area contributed by atoms with Gasteiger partial charge in [-0.2, -0.15) is 26.3 Å². The fraction of sp³-hybridized carbons (Fsp3) is 0.559. The van der Waals surface area contributed by atoms with Crippen LogP contribution < -0.4 is 10.6 Å². The van der Waals surface area contributed by atoms with Crippen LogP contribution in [0.1, 0.15) is 154 Å². The van der Waals surface area contributed by atoms with E-state index in [0.29, 0.717) is 78.3 Å². The number of alkyl halides is 8. The summed E-state index contributed by atoms with van der Waals surface area (Å²) < 4.78 is 89.1. The van der Waals surface area contributed by atoms with E-state index in [0.717, 1.165) is 59.4 Å². The van der Waals surface area contributed by atoms with Crippen LogP contribution in [0.15, 0.2) is 109 Å². The van der Waals surface area contributed by atoms with E-state index >= 15 is 0 Å². The summed E-state index contributed by atoms with van der Waals surface area (Å²) in [6.45, 7) is 27.7. The van der Waals surface area contributed by atoms with E-state index in [1.807, 2.05) is 96.1 Å². The Morgan fingerprint density at radius 1 is 0.478 bits per heavy atom. The van der Waals surface area contributed by atoms with E-state index in [1.165, 1.54) is 13.8 Å². The van der Waals surface area contributed by atoms with Crippen LogP contribution >= 0.6 is 23.2 Å². The number of halogens is 8. The van der Waals surface area contributed by atoms with Crippen molar-refractivity contribution in [1.29, 1.82) is 0 Å². The molecule has 24 heteroatoms. The molecular formula is C68H92Cl2F6N8O8. The van der Waals surface area contributed by atoms with Gasteiger partial charge in [0.15, 0.2) is 0 Å². The summed E-state index contributed by atoms with van der Waals surface area (Å²) in [5.41, 5.74) is 1.18. The van der Waals surface area contributed by atoms with E-state index in [2.05, 4.69) is 66.7 Å². The average molecular weight is 1330 g/mol. The molecule has 4 heterocycles. The third kappa shape index (κ3) is 23.1. The smallest absolute Gasteiger partial charge is 0.416 e. The van der Waals surface area contributed by atoms with Crippen LogP contribution in [-0.4, -0.2) is 166 Å². The average Bonchev–Trinajstić information content (AvgIpc) is 1.08.